The second-order valence-corrected chi connectivity index (χ2v) is 5.19. The molecule has 0 aliphatic heterocycles. The van der Waals surface area contributed by atoms with Crippen LogP contribution >= 0.6 is 11.8 Å². The number of nitrogens with zero attached hydrogens (tertiary/aromatic N) is 3. The Kier molecular flexibility index (Phi) is 4.05. The van der Waals surface area contributed by atoms with E-state index in [9.17, 15) is 14.4 Å². The predicted octanol–water partition coefficient (Wildman–Crippen LogP) is 0.694. The molecular weight excluding hydrogens is 292 g/mol. The summed E-state index contributed by atoms with van der Waals surface area (Å²) < 4.78 is 1.29. The Morgan fingerprint density at radius 3 is 2.76 bits per heavy atom. The van der Waals surface area contributed by atoms with Crippen LogP contribution < -0.4 is 11.1 Å². The average molecular weight is 302 g/mol. The molecule has 21 heavy (non-hydrogen) atoms. The third-order valence-electron chi connectivity index (χ3n) is 2.64. The van der Waals surface area contributed by atoms with Gasteiger partial charge < -0.3 is 0 Å². The maximum atomic E-state index is 11.6. The second kappa shape index (κ2) is 5.76. The lowest BCUT2D eigenvalue weighted by Gasteiger charge is -2.09. The van der Waals surface area contributed by atoms with Crippen LogP contribution in [0.5, 0.6) is 0 Å². The number of H-pyrrole nitrogens is 1. The van der Waals surface area contributed by atoms with Crippen LogP contribution in [-0.4, -0.2) is 20.5 Å². The summed E-state index contributed by atoms with van der Waals surface area (Å²) in [7, 11) is 1.53. The molecule has 0 fully saturated rings. The van der Waals surface area contributed by atoms with Crippen LogP contribution in [-0.2, 0) is 7.05 Å². The van der Waals surface area contributed by atoms with Gasteiger partial charge in [-0.25, -0.2) is 0 Å². The minimum absolute atomic E-state index is 0.170. The Labute approximate surface area is 123 Å². The molecule has 0 bridgehead atoms. The minimum atomic E-state index is -0.906. The summed E-state index contributed by atoms with van der Waals surface area (Å²) in [5.41, 5.74) is -0.924. The molecule has 2 rings (SSSR count). The number of ketones is 1. The average Bonchev–Trinajstić information content (AvgIpc) is 2.44. The number of nitrogens with one attached hydrogen (secondary N) is 1. The van der Waals surface area contributed by atoms with Crippen LogP contribution in [0.15, 0.2) is 37.8 Å². The van der Waals surface area contributed by atoms with E-state index in [0.717, 1.165) is 11.8 Å². The molecule has 2 aromatic rings. The van der Waals surface area contributed by atoms with Gasteiger partial charge >= 0.3 is 11.1 Å². The van der Waals surface area contributed by atoms with Crippen LogP contribution in [0.25, 0.3) is 0 Å². The first-order chi connectivity index (χ1) is 9.92. The fourth-order valence-electron chi connectivity index (χ4n) is 1.62. The smallest absolute Gasteiger partial charge is 0.294 e. The molecule has 0 atom stereocenters. The lowest BCUT2D eigenvalue weighted by molar-refractivity contribution is 0.101. The third-order valence-corrected chi connectivity index (χ3v) is 3.74. The standard InChI is InChI=1S/C13H10N4O3S/c1-7(18)9-4-3-8(6-14)5-10(9)21-13-15-11(19)12(20)16-17(13)2/h3-5H,1-2H3,(H,16,20). The van der Waals surface area contributed by atoms with Crippen molar-refractivity contribution in [3.63, 3.8) is 0 Å². The number of carbonyl (C=O) groups excluding carboxylic acids is 1. The van der Waals surface area contributed by atoms with E-state index >= 15 is 0 Å². The zero-order valence-electron chi connectivity index (χ0n) is 11.2. The highest BCUT2D eigenvalue weighted by Crippen LogP contribution is 2.29. The molecule has 1 aromatic carbocycles. The van der Waals surface area contributed by atoms with Gasteiger partial charge in [-0.15, -0.1) is 0 Å². The Morgan fingerprint density at radius 2 is 2.14 bits per heavy atom. The zero-order valence-corrected chi connectivity index (χ0v) is 12.0. The highest BCUT2D eigenvalue weighted by molar-refractivity contribution is 7.99. The summed E-state index contributed by atoms with van der Waals surface area (Å²) in [5, 5.41) is 11.5. The van der Waals surface area contributed by atoms with Gasteiger partial charge in [0.1, 0.15) is 0 Å². The predicted molar refractivity (Wildman–Crippen MR) is 75.4 cm³/mol. The van der Waals surface area contributed by atoms with Crippen molar-refractivity contribution >= 4 is 17.5 Å². The number of hydrogen-bond donors (Lipinski definition) is 1. The summed E-state index contributed by atoms with van der Waals surface area (Å²) in [4.78, 5) is 38.3. The summed E-state index contributed by atoms with van der Waals surface area (Å²) in [6, 6.07) is 6.61. The van der Waals surface area contributed by atoms with Gasteiger partial charge in [-0.05, 0) is 36.9 Å². The van der Waals surface area contributed by atoms with Gasteiger partial charge in [-0.3, -0.25) is 24.2 Å². The van der Waals surface area contributed by atoms with Crippen LogP contribution in [0.3, 0.4) is 0 Å². The third kappa shape index (κ3) is 3.09. The Hall–Kier alpha value is -2.66. The number of aryl methyl sites for hydroxylation is 1. The van der Waals surface area contributed by atoms with Crippen molar-refractivity contribution in [3.8, 4) is 6.07 Å². The van der Waals surface area contributed by atoms with Gasteiger partial charge in [0.2, 0.25) is 0 Å². The molecular formula is C13H10N4O3S. The van der Waals surface area contributed by atoms with Crippen molar-refractivity contribution in [2.45, 2.75) is 17.0 Å². The largest absolute Gasteiger partial charge is 0.339 e. The van der Waals surface area contributed by atoms with E-state index in [0.29, 0.717) is 16.0 Å². The fraction of sp³-hybridized carbons (Fsp3) is 0.154. The van der Waals surface area contributed by atoms with Gasteiger partial charge in [0, 0.05) is 17.5 Å². The van der Waals surface area contributed by atoms with Gasteiger partial charge in [0.05, 0.1) is 11.6 Å². The Balaban J connectivity index is 2.55. The van der Waals surface area contributed by atoms with E-state index < -0.39 is 11.1 Å². The number of hydrogen-bond acceptors (Lipinski definition) is 6. The highest BCUT2D eigenvalue weighted by atomic mass is 32.2. The SMILES string of the molecule is CC(=O)c1ccc(C#N)cc1Sc1nc(=O)c(=O)[nH]n1C. The van der Waals surface area contributed by atoms with Crippen molar-refractivity contribution in [2.24, 2.45) is 7.05 Å². The lowest BCUT2D eigenvalue weighted by Crippen LogP contribution is -2.33. The number of benzene rings is 1. The molecule has 7 nitrogen and oxygen atoms in total. The molecule has 0 saturated carbocycles. The normalized spacial score (nSPS) is 10.1. The maximum absolute atomic E-state index is 11.6. The maximum Gasteiger partial charge on any atom is 0.339 e. The molecule has 8 heteroatoms. The van der Waals surface area contributed by atoms with Gasteiger partial charge in [-0.1, -0.05) is 0 Å². The molecule has 0 spiro atoms. The quantitative estimate of drug-likeness (QED) is 0.660. The van der Waals surface area contributed by atoms with E-state index in [4.69, 9.17) is 5.26 Å². The molecule has 106 valence electrons. The molecule has 1 aromatic heterocycles. The Morgan fingerprint density at radius 1 is 1.43 bits per heavy atom. The van der Waals surface area contributed by atoms with Crippen molar-refractivity contribution in [1.82, 2.24) is 14.8 Å². The molecule has 1 heterocycles. The first-order valence-electron chi connectivity index (χ1n) is 5.82. The van der Waals surface area contributed by atoms with E-state index in [1.54, 1.807) is 18.2 Å². The summed E-state index contributed by atoms with van der Waals surface area (Å²) in [6.07, 6.45) is 0. The molecule has 1 N–H and O–H groups in total. The van der Waals surface area contributed by atoms with Crippen LogP contribution in [0.4, 0.5) is 0 Å². The van der Waals surface area contributed by atoms with Crippen LogP contribution in [0.2, 0.25) is 0 Å². The van der Waals surface area contributed by atoms with Crippen LogP contribution in [0.1, 0.15) is 22.8 Å². The molecule has 0 saturated heterocycles. The molecule has 0 amide bonds. The van der Waals surface area contributed by atoms with Crippen molar-refractivity contribution in [2.75, 3.05) is 0 Å². The van der Waals surface area contributed by atoms with E-state index in [1.807, 2.05) is 6.07 Å². The number of carbonyl (C=O) groups is 1. The van der Waals surface area contributed by atoms with Crippen LogP contribution in [0, 0.1) is 11.3 Å². The van der Waals surface area contributed by atoms with E-state index in [1.165, 1.54) is 18.7 Å². The topological polar surface area (TPSA) is 109 Å². The fourth-order valence-corrected chi connectivity index (χ4v) is 2.63. The molecule has 0 aliphatic carbocycles. The lowest BCUT2D eigenvalue weighted by atomic mass is 10.1. The first kappa shape index (κ1) is 14.7. The van der Waals surface area contributed by atoms with Gasteiger partial charge in [-0.2, -0.15) is 10.2 Å². The highest BCUT2D eigenvalue weighted by Gasteiger charge is 2.13. The Bertz CT molecular complexity index is 876. The minimum Gasteiger partial charge on any atom is -0.294 e. The number of rotatable bonds is 3. The van der Waals surface area contributed by atoms with Crippen molar-refractivity contribution in [1.29, 1.82) is 5.26 Å². The monoisotopic (exact) mass is 302 g/mol. The van der Waals surface area contributed by atoms with Crippen molar-refractivity contribution < 1.29 is 4.79 Å². The van der Waals surface area contributed by atoms with Crippen molar-refractivity contribution in [3.05, 3.63) is 50.0 Å². The summed E-state index contributed by atoms with van der Waals surface area (Å²) in [6.45, 7) is 1.41. The van der Waals surface area contributed by atoms with E-state index in [-0.39, 0.29) is 10.9 Å². The number of aromatic amines is 1. The summed E-state index contributed by atoms with van der Waals surface area (Å²) in [5.74, 6) is -0.170. The molecule has 0 radical (unpaired) electrons. The zero-order chi connectivity index (χ0) is 15.6. The van der Waals surface area contributed by atoms with Gasteiger partial charge in [0.15, 0.2) is 10.9 Å². The molecule has 0 aliphatic rings. The number of nitriles is 1. The second-order valence-electron chi connectivity index (χ2n) is 4.18. The summed E-state index contributed by atoms with van der Waals surface area (Å²) >= 11 is 1.03. The number of aromatic nitrogens is 3. The van der Waals surface area contributed by atoms with Gasteiger partial charge in [0.25, 0.3) is 0 Å². The first-order valence-corrected chi connectivity index (χ1v) is 6.64. The molecule has 0 unspecified atom stereocenters. The van der Waals surface area contributed by atoms with E-state index in [2.05, 4.69) is 10.1 Å². The number of Topliss-reactive ketones (excluding diaryl/α,β-unsaturated/α-hetero) is 1.